The molecule has 0 saturated carbocycles. The molecule has 1 heterocycles. The molecule has 0 amide bonds. The van der Waals surface area contributed by atoms with Gasteiger partial charge in [-0.05, 0) is 35.4 Å². The number of methoxy groups -OCH3 is 1. The normalized spacial score (nSPS) is 10.5. The third kappa shape index (κ3) is 4.06. The quantitative estimate of drug-likeness (QED) is 0.385. The van der Waals surface area contributed by atoms with Crippen LogP contribution in [0.25, 0.3) is 11.1 Å². The first-order valence-electron chi connectivity index (χ1n) is 9.53. The van der Waals surface area contributed by atoms with Crippen molar-refractivity contribution in [2.75, 3.05) is 18.2 Å². The Labute approximate surface area is 179 Å². The number of nitrogens with zero attached hydrogens (tertiary/aromatic N) is 2. The first-order chi connectivity index (χ1) is 15.1. The molecule has 0 unspecified atom stereocenters. The van der Waals surface area contributed by atoms with Gasteiger partial charge in [-0.3, -0.25) is 5.41 Å². The van der Waals surface area contributed by atoms with Crippen LogP contribution in [0.5, 0.6) is 5.75 Å². The van der Waals surface area contributed by atoms with E-state index < -0.39 is 5.82 Å². The van der Waals surface area contributed by atoms with E-state index in [1.165, 1.54) is 18.5 Å². The smallest absolute Gasteiger partial charge is 0.145 e. The van der Waals surface area contributed by atoms with E-state index in [1.54, 1.807) is 19.2 Å². The second-order valence-corrected chi connectivity index (χ2v) is 6.74. The molecule has 31 heavy (non-hydrogen) atoms. The molecule has 0 aliphatic rings. The fourth-order valence-corrected chi connectivity index (χ4v) is 3.28. The summed E-state index contributed by atoms with van der Waals surface area (Å²) in [4.78, 5) is 8.27. The third-order valence-corrected chi connectivity index (χ3v) is 4.83. The van der Waals surface area contributed by atoms with Crippen LogP contribution in [0.4, 0.5) is 21.7 Å². The zero-order chi connectivity index (χ0) is 21.8. The molecule has 4 aromatic rings. The summed E-state index contributed by atoms with van der Waals surface area (Å²) in [6.45, 7) is 0. The van der Waals surface area contributed by atoms with Crippen molar-refractivity contribution in [3.63, 3.8) is 0 Å². The summed E-state index contributed by atoms with van der Waals surface area (Å²) >= 11 is 0. The summed E-state index contributed by atoms with van der Waals surface area (Å²) in [7, 11) is 1.57. The fraction of sp³-hybridized carbons (Fsp3) is 0.0417. The summed E-state index contributed by atoms with van der Waals surface area (Å²) in [6.07, 6.45) is 1.29. The van der Waals surface area contributed by atoms with E-state index in [-0.39, 0.29) is 28.5 Å². The molecule has 0 spiro atoms. The molecular weight excluding hydrogens is 393 g/mol. The highest BCUT2D eigenvalue weighted by atomic mass is 19.1. The van der Waals surface area contributed by atoms with Crippen molar-refractivity contribution >= 4 is 23.0 Å². The molecule has 0 radical (unpaired) electrons. The Morgan fingerprint density at radius 3 is 2.45 bits per heavy atom. The van der Waals surface area contributed by atoms with Crippen molar-refractivity contribution in [1.29, 1.82) is 5.41 Å². The Balaban J connectivity index is 1.78. The average Bonchev–Trinajstić information content (AvgIpc) is 2.80. The van der Waals surface area contributed by atoms with Crippen LogP contribution in [0.3, 0.4) is 0 Å². The number of ether oxygens (including phenoxy) is 1. The van der Waals surface area contributed by atoms with Crippen LogP contribution in [0.15, 0.2) is 79.1 Å². The minimum Gasteiger partial charge on any atom is -0.495 e. The summed E-state index contributed by atoms with van der Waals surface area (Å²) in [5.41, 5.74) is 8.91. The molecule has 1 aromatic heterocycles. The molecule has 4 N–H and O–H groups in total. The molecule has 3 aromatic carbocycles. The number of nitrogens with two attached hydrogens (primary N) is 1. The van der Waals surface area contributed by atoms with Gasteiger partial charge in [0.2, 0.25) is 0 Å². The average molecular weight is 413 g/mol. The number of hydrogen-bond acceptors (Lipinski definition) is 6. The van der Waals surface area contributed by atoms with Crippen LogP contribution >= 0.6 is 0 Å². The predicted molar refractivity (Wildman–Crippen MR) is 120 cm³/mol. The highest BCUT2D eigenvalue weighted by molar-refractivity contribution is 6.16. The summed E-state index contributed by atoms with van der Waals surface area (Å²) in [5.74, 6) is 0.416. The number of anilines is 3. The third-order valence-electron chi connectivity index (χ3n) is 4.83. The molecule has 4 rings (SSSR count). The first-order valence-corrected chi connectivity index (χ1v) is 9.53. The van der Waals surface area contributed by atoms with E-state index in [2.05, 4.69) is 15.3 Å². The van der Waals surface area contributed by atoms with E-state index in [1.807, 2.05) is 48.5 Å². The molecule has 0 saturated heterocycles. The maximum absolute atomic E-state index is 14.3. The van der Waals surface area contributed by atoms with Crippen molar-refractivity contribution < 1.29 is 9.13 Å². The standard InChI is InChI=1S/C24H20FN5O/c1-31-20-12-11-16(15-7-3-2-4-8-15)13-19(20)30-24-21(23(27)28-14-29-24)22(26)17-9-5-6-10-18(17)25/h2-14,26H,1H3,(H3,27,28,29,30). The van der Waals surface area contributed by atoms with Gasteiger partial charge in [-0.25, -0.2) is 14.4 Å². The van der Waals surface area contributed by atoms with E-state index in [4.69, 9.17) is 15.9 Å². The summed E-state index contributed by atoms with van der Waals surface area (Å²) in [5, 5.41) is 11.8. The van der Waals surface area contributed by atoms with Crippen molar-refractivity contribution in [2.24, 2.45) is 0 Å². The maximum Gasteiger partial charge on any atom is 0.145 e. The molecule has 154 valence electrons. The minimum absolute atomic E-state index is 0.0731. The second-order valence-electron chi connectivity index (χ2n) is 6.74. The van der Waals surface area contributed by atoms with Crippen molar-refractivity contribution in [1.82, 2.24) is 9.97 Å². The topological polar surface area (TPSA) is 96.9 Å². The number of hydrogen-bond donors (Lipinski definition) is 3. The van der Waals surface area contributed by atoms with Gasteiger partial charge in [-0.15, -0.1) is 0 Å². The lowest BCUT2D eigenvalue weighted by atomic mass is 10.0. The molecule has 0 aliphatic carbocycles. The maximum atomic E-state index is 14.3. The molecule has 0 bridgehead atoms. The number of halogens is 1. The Morgan fingerprint density at radius 1 is 0.968 bits per heavy atom. The zero-order valence-corrected chi connectivity index (χ0v) is 16.8. The number of aromatic nitrogens is 2. The second kappa shape index (κ2) is 8.62. The van der Waals surface area contributed by atoms with Crippen LogP contribution in [-0.2, 0) is 0 Å². The van der Waals surface area contributed by atoms with Gasteiger partial charge < -0.3 is 15.8 Å². The van der Waals surface area contributed by atoms with Crippen LogP contribution < -0.4 is 15.8 Å². The van der Waals surface area contributed by atoms with Gasteiger partial charge in [0.1, 0.15) is 29.5 Å². The van der Waals surface area contributed by atoms with Crippen LogP contribution in [0, 0.1) is 11.2 Å². The fourth-order valence-electron chi connectivity index (χ4n) is 3.28. The van der Waals surface area contributed by atoms with Gasteiger partial charge in [0, 0.05) is 5.56 Å². The summed E-state index contributed by atoms with van der Waals surface area (Å²) in [6, 6.07) is 21.7. The lowest BCUT2D eigenvalue weighted by Crippen LogP contribution is -2.13. The highest BCUT2D eigenvalue weighted by Crippen LogP contribution is 2.34. The van der Waals surface area contributed by atoms with E-state index in [0.29, 0.717) is 11.4 Å². The van der Waals surface area contributed by atoms with Gasteiger partial charge in [-0.2, -0.15) is 0 Å². The van der Waals surface area contributed by atoms with Crippen molar-refractivity contribution in [3.05, 3.63) is 96.1 Å². The Hall–Kier alpha value is -4.26. The largest absolute Gasteiger partial charge is 0.495 e. The van der Waals surface area contributed by atoms with Crippen LogP contribution in [-0.4, -0.2) is 22.8 Å². The predicted octanol–water partition coefficient (Wildman–Crippen LogP) is 5.03. The zero-order valence-electron chi connectivity index (χ0n) is 16.8. The highest BCUT2D eigenvalue weighted by Gasteiger charge is 2.20. The Bertz CT molecular complexity index is 1240. The number of nitrogen functional groups attached to an aromatic ring is 1. The lowest BCUT2D eigenvalue weighted by molar-refractivity contribution is 0.417. The van der Waals surface area contributed by atoms with Gasteiger partial charge in [0.15, 0.2) is 0 Å². The van der Waals surface area contributed by atoms with E-state index in [9.17, 15) is 4.39 Å². The molecule has 0 atom stereocenters. The first kappa shape index (κ1) is 20.0. The molecule has 7 heteroatoms. The van der Waals surface area contributed by atoms with Gasteiger partial charge in [-0.1, -0.05) is 48.5 Å². The van der Waals surface area contributed by atoms with Gasteiger partial charge in [0.25, 0.3) is 0 Å². The number of benzene rings is 3. The number of nitrogens with one attached hydrogen (secondary N) is 2. The van der Waals surface area contributed by atoms with Crippen LogP contribution in [0.1, 0.15) is 11.1 Å². The van der Waals surface area contributed by atoms with Gasteiger partial charge in [0.05, 0.1) is 24.1 Å². The minimum atomic E-state index is -0.523. The monoisotopic (exact) mass is 413 g/mol. The van der Waals surface area contributed by atoms with E-state index >= 15 is 0 Å². The summed E-state index contributed by atoms with van der Waals surface area (Å²) < 4.78 is 19.8. The molecule has 0 aliphatic heterocycles. The van der Waals surface area contributed by atoms with Gasteiger partial charge >= 0.3 is 0 Å². The molecule has 6 nitrogen and oxygen atoms in total. The number of rotatable bonds is 6. The lowest BCUT2D eigenvalue weighted by Gasteiger charge is -2.16. The molecular formula is C24H20FN5O. The molecule has 0 fully saturated rings. The van der Waals surface area contributed by atoms with Crippen LogP contribution in [0.2, 0.25) is 0 Å². The Morgan fingerprint density at radius 2 is 1.71 bits per heavy atom. The van der Waals surface area contributed by atoms with E-state index in [0.717, 1.165) is 11.1 Å². The Kier molecular flexibility index (Phi) is 5.57. The van der Waals surface area contributed by atoms with Crippen molar-refractivity contribution in [2.45, 2.75) is 0 Å². The van der Waals surface area contributed by atoms with Crippen molar-refractivity contribution in [3.8, 4) is 16.9 Å². The SMILES string of the molecule is COc1ccc(-c2ccccc2)cc1Nc1ncnc(N)c1C(=N)c1ccccc1F.